The van der Waals surface area contributed by atoms with E-state index >= 15 is 0 Å². The molecule has 8 amide bonds. The molecule has 15 nitrogen and oxygen atoms in total. The van der Waals surface area contributed by atoms with Crippen molar-refractivity contribution in [1.29, 1.82) is 0 Å². The highest BCUT2D eigenvalue weighted by atomic mass is 32.2. The Morgan fingerprint density at radius 2 is 1.67 bits per heavy atom. The third kappa shape index (κ3) is 4.53. The highest BCUT2D eigenvalue weighted by Gasteiger charge is 2.43. The maximum absolute atomic E-state index is 11.9. The smallest absolute Gasteiger partial charge is 0.405 e. The first-order valence-corrected chi connectivity index (χ1v) is 8.90. The quantitative estimate of drug-likeness (QED) is 0.291. The van der Waals surface area contributed by atoms with Gasteiger partial charge < -0.3 is 20.4 Å². The fourth-order valence-corrected chi connectivity index (χ4v) is 3.06. The van der Waals surface area contributed by atoms with Gasteiger partial charge >= 0.3 is 34.4 Å². The summed E-state index contributed by atoms with van der Waals surface area (Å²) >= 11 is 0. The van der Waals surface area contributed by atoms with Crippen LogP contribution >= 0.6 is 0 Å². The molecule has 0 aromatic rings. The molecular weight excluding hydrogens is 392 g/mol. The monoisotopic (exact) mass is 408 g/mol. The molecule has 0 aromatic carbocycles. The standard InChI is InChI=1S/C11H16N6O9S/c18-4-3-15-1-2-16(11(15)24)8(20)13-27(25,26)14-9(21)17-5-6(7(17)19)12-10(22)23/h6,12,18H,1-5H2,(H,13,20)(H,14,21)(H,22,23). The van der Waals surface area contributed by atoms with Gasteiger partial charge in [0.05, 0.1) is 13.2 Å². The number of carboxylic acid groups (broad SMARTS) is 1. The maximum atomic E-state index is 11.9. The Morgan fingerprint density at radius 1 is 1.07 bits per heavy atom. The molecule has 0 radical (unpaired) electrons. The third-order valence-electron chi connectivity index (χ3n) is 3.63. The van der Waals surface area contributed by atoms with Gasteiger partial charge in [0.2, 0.25) is 0 Å². The molecule has 1 unspecified atom stereocenters. The van der Waals surface area contributed by atoms with Crippen molar-refractivity contribution in [2.75, 3.05) is 32.8 Å². The van der Waals surface area contributed by atoms with Crippen molar-refractivity contribution >= 4 is 40.3 Å². The molecule has 0 aliphatic carbocycles. The van der Waals surface area contributed by atoms with Crippen LogP contribution in [0.1, 0.15) is 0 Å². The maximum Gasteiger partial charge on any atom is 0.405 e. The van der Waals surface area contributed by atoms with Gasteiger partial charge in [-0.15, -0.1) is 0 Å². The van der Waals surface area contributed by atoms with Crippen LogP contribution in [0, 0.1) is 0 Å². The van der Waals surface area contributed by atoms with Crippen LogP contribution in [-0.4, -0.2) is 102 Å². The summed E-state index contributed by atoms with van der Waals surface area (Å²) in [6.07, 6.45) is -1.49. The predicted octanol–water partition coefficient (Wildman–Crippen LogP) is -3.14. The van der Waals surface area contributed by atoms with Crippen molar-refractivity contribution in [3.05, 3.63) is 0 Å². The number of nitrogens with one attached hydrogen (secondary N) is 3. The molecule has 0 saturated carbocycles. The van der Waals surface area contributed by atoms with Crippen molar-refractivity contribution in [3.63, 3.8) is 0 Å². The van der Waals surface area contributed by atoms with Crippen molar-refractivity contribution in [3.8, 4) is 0 Å². The zero-order chi connectivity index (χ0) is 20.4. The average molecular weight is 408 g/mol. The summed E-state index contributed by atoms with van der Waals surface area (Å²) < 4.78 is 26.5. The van der Waals surface area contributed by atoms with Crippen LogP contribution in [0.25, 0.3) is 0 Å². The minimum absolute atomic E-state index is 0.0330. The van der Waals surface area contributed by atoms with Crippen molar-refractivity contribution in [1.82, 2.24) is 29.5 Å². The van der Waals surface area contributed by atoms with Gasteiger partial charge in [0.15, 0.2) is 0 Å². The van der Waals surface area contributed by atoms with Gasteiger partial charge in [-0.1, -0.05) is 0 Å². The van der Waals surface area contributed by atoms with E-state index in [9.17, 15) is 32.4 Å². The van der Waals surface area contributed by atoms with Crippen LogP contribution in [0.5, 0.6) is 0 Å². The SMILES string of the molecule is O=C(O)NC1CN(C(=O)NS(=O)(=O)NC(=O)N2CCN(CCO)C2=O)C1=O. The molecule has 0 bridgehead atoms. The topological polar surface area (TPSA) is 206 Å². The number of nitrogens with zero attached hydrogens (tertiary/aromatic N) is 3. The normalized spacial score (nSPS) is 19.6. The number of rotatable bonds is 5. The molecular formula is C11H16N6O9S. The first-order valence-electron chi connectivity index (χ1n) is 7.42. The van der Waals surface area contributed by atoms with E-state index in [1.54, 1.807) is 0 Å². The summed E-state index contributed by atoms with van der Waals surface area (Å²) in [6.45, 7) is -0.784. The molecule has 2 heterocycles. The Labute approximate surface area is 152 Å². The van der Waals surface area contributed by atoms with Crippen LogP contribution in [0.15, 0.2) is 0 Å². The van der Waals surface area contributed by atoms with Gasteiger partial charge in [-0.25, -0.2) is 33.5 Å². The zero-order valence-electron chi connectivity index (χ0n) is 13.6. The van der Waals surface area contributed by atoms with E-state index in [1.165, 1.54) is 9.44 Å². The summed E-state index contributed by atoms with van der Waals surface area (Å²) in [6, 6.07) is -4.70. The van der Waals surface area contributed by atoms with E-state index in [0.29, 0.717) is 9.80 Å². The second-order valence-corrected chi connectivity index (χ2v) is 6.83. The first kappa shape index (κ1) is 20.2. The van der Waals surface area contributed by atoms with Crippen molar-refractivity contribution in [2.45, 2.75) is 6.04 Å². The first-order chi connectivity index (χ1) is 12.6. The number of aliphatic hydroxyl groups excluding tert-OH is 1. The number of urea groups is 3. The van der Waals surface area contributed by atoms with Crippen LogP contribution in [0.3, 0.4) is 0 Å². The number of carbonyl (C=O) groups excluding carboxylic acids is 4. The number of amides is 8. The Hall–Kier alpha value is -3.14. The highest BCUT2D eigenvalue weighted by molar-refractivity contribution is 7.88. The van der Waals surface area contributed by atoms with Crippen molar-refractivity contribution < 1.29 is 42.6 Å². The average Bonchev–Trinajstić information content (AvgIpc) is 2.90. The number of β-amino-alcohol motifs (C(OH)–C–C–N with tert-alkyl or cyclic N) is 1. The van der Waals surface area contributed by atoms with Gasteiger partial charge in [-0.05, 0) is 0 Å². The molecule has 2 fully saturated rings. The van der Waals surface area contributed by atoms with Crippen LogP contribution in [0.4, 0.5) is 19.2 Å². The molecule has 27 heavy (non-hydrogen) atoms. The predicted molar refractivity (Wildman–Crippen MR) is 83.4 cm³/mol. The van der Waals surface area contributed by atoms with Crippen LogP contribution < -0.4 is 14.8 Å². The molecule has 0 aromatic heterocycles. The fourth-order valence-electron chi connectivity index (χ4n) is 2.33. The van der Waals surface area contributed by atoms with Gasteiger partial charge in [0.25, 0.3) is 5.91 Å². The minimum atomic E-state index is -4.75. The molecule has 1 atom stereocenters. The molecule has 2 rings (SSSR count). The highest BCUT2D eigenvalue weighted by Crippen LogP contribution is 2.11. The lowest BCUT2D eigenvalue weighted by atomic mass is 10.1. The van der Waals surface area contributed by atoms with Crippen LogP contribution in [-0.2, 0) is 15.0 Å². The lowest BCUT2D eigenvalue weighted by molar-refractivity contribution is -0.138. The van der Waals surface area contributed by atoms with Gasteiger partial charge in [0, 0.05) is 19.6 Å². The Balaban J connectivity index is 1.89. The molecule has 5 N–H and O–H groups in total. The second kappa shape index (κ2) is 7.62. The van der Waals surface area contributed by atoms with Gasteiger partial charge in [-0.2, -0.15) is 8.42 Å². The summed E-state index contributed by atoms with van der Waals surface area (Å²) in [5.74, 6) is -0.967. The lowest BCUT2D eigenvalue weighted by Gasteiger charge is -2.35. The number of β-lactam (4-membered cyclic amide) rings is 1. The number of imide groups is 2. The van der Waals surface area contributed by atoms with E-state index in [2.05, 4.69) is 0 Å². The zero-order valence-corrected chi connectivity index (χ0v) is 14.4. The van der Waals surface area contributed by atoms with Gasteiger partial charge in [0.1, 0.15) is 6.04 Å². The second-order valence-electron chi connectivity index (χ2n) is 5.41. The lowest BCUT2D eigenvalue weighted by Crippen LogP contribution is -2.67. The van der Waals surface area contributed by atoms with E-state index in [1.807, 2.05) is 5.32 Å². The summed E-state index contributed by atoms with van der Waals surface area (Å²) in [5, 5.41) is 19.1. The largest absolute Gasteiger partial charge is 0.465 e. The summed E-state index contributed by atoms with van der Waals surface area (Å²) in [4.78, 5) is 59.6. The number of carbonyl (C=O) groups is 5. The number of aliphatic hydroxyl groups is 1. The van der Waals surface area contributed by atoms with Gasteiger partial charge in [-0.3, -0.25) is 9.69 Å². The fraction of sp³-hybridized carbons (Fsp3) is 0.545. The Bertz CT molecular complexity index is 783. The molecule has 2 aliphatic rings. The Morgan fingerprint density at radius 3 is 2.19 bits per heavy atom. The third-order valence-corrected chi connectivity index (χ3v) is 4.51. The summed E-state index contributed by atoms with van der Waals surface area (Å²) in [5.41, 5.74) is 0. The molecule has 2 aliphatic heterocycles. The number of likely N-dealkylation sites (tertiary alicyclic amines) is 1. The molecule has 16 heteroatoms. The molecule has 150 valence electrons. The van der Waals surface area contributed by atoms with E-state index in [0.717, 1.165) is 4.90 Å². The van der Waals surface area contributed by atoms with E-state index < -0.39 is 46.3 Å². The van der Waals surface area contributed by atoms with Crippen molar-refractivity contribution in [2.24, 2.45) is 0 Å². The number of hydrogen-bond acceptors (Lipinski definition) is 8. The summed E-state index contributed by atoms with van der Waals surface area (Å²) in [7, 11) is -4.75. The minimum Gasteiger partial charge on any atom is -0.465 e. The van der Waals surface area contributed by atoms with E-state index in [-0.39, 0.29) is 32.8 Å². The number of hydrogen-bond donors (Lipinski definition) is 5. The van der Waals surface area contributed by atoms with Crippen LogP contribution in [0.2, 0.25) is 0 Å². The van der Waals surface area contributed by atoms with E-state index in [4.69, 9.17) is 10.2 Å². The molecule has 2 saturated heterocycles. The Kier molecular flexibility index (Phi) is 5.69. The molecule has 0 spiro atoms.